The van der Waals surface area contributed by atoms with E-state index in [0.29, 0.717) is 6.42 Å². The van der Waals surface area contributed by atoms with Gasteiger partial charge in [-0.3, -0.25) is 4.79 Å². The van der Waals surface area contributed by atoms with E-state index in [-0.39, 0.29) is 12.5 Å². The normalized spacial score (nSPS) is 8.36. The van der Waals surface area contributed by atoms with E-state index in [2.05, 4.69) is 5.32 Å². The molecule has 0 rings (SSSR count). The molecule has 0 aromatic heterocycles. The lowest BCUT2D eigenvalue weighted by Gasteiger charge is -2.01. The molecule has 0 heterocycles. The van der Waals surface area contributed by atoms with Gasteiger partial charge in [-0.05, 0) is 0 Å². The maximum atomic E-state index is 10.6. The first-order chi connectivity index (χ1) is 5.24. The minimum Gasteiger partial charge on any atom is -0.354 e. The topological polar surface area (TPSA) is 76.7 Å². The summed E-state index contributed by atoms with van der Waals surface area (Å²) in [7, 11) is 0. The largest absolute Gasteiger partial charge is 0.354 e. The van der Waals surface area contributed by atoms with Crippen molar-refractivity contribution in [3.63, 3.8) is 0 Å². The molecule has 11 heavy (non-hydrogen) atoms. The number of carbonyl (C=O) groups excluding carboxylic acids is 1. The van der Waals surface area contributed by atoms with E-state index in [1.807, 2.05) is 0 Å². The van der Waals surface area contributed by atoms with Crippen molar-refractivity contribution in [1.82, 2.24) is 5.32 Å². The lowest BCUT2D eigenvalue weighted by molar-refractivity contribution is -0.120. The fourth-order valence-electron chi connectivity index (χ4n) is 0.461. The summed E-state index contributed by atoms with van der Waals surface area (Å²) in [5, 5.41) is 19.0. The monoisotopic (exact) mass is 151 g/mol. The Morgan fingerprint density at radius 3 is 2.45 bits per heavy atom. The Morgan fingerprint density at radius 2 is 2.09 bits per heavy atom. The van der Waals surface area contributed by atoms with E-state index in [4.69, 9.17) is 10.5 Å². The van der Waals surface area contributed by atoms with Crippen molar-refractivity contribution in [3.8, 4) is 12.1 Å². The van der Waals surface area contributed by atoms with Gasteiger partial charge in [-0.15, -0.1) is 0 Å². The Bertz CT molecular complexity index is 197. The maximum absolute atomic E-state index is 10.6. The van der Waals surface area contributed by atoms with Gasteiger partial charge in [-0.25, -0.2) is 0 Å². The molecule has 0 aromatic rings. The molecular formula is C7H9N3O. The standard InChI is InChI=1S/C7H9N3O/c1-2-7(11)10-5-6(3-8)4-9/h6H,2,5H2,1H3,(H,10,11). The number of nitrogens with zero attached hydrogens (tertiary/aromatic N) is 2. The van der Waals surface area contributed by atoms with E-state index >= 15 is 0 Å². The highest BCUT2D eigenvalue weighted by atomic mass is 16.1. The van der Waals surface area contributed by atoms with Gasteiger partial charge in [-0.2, -0.15) is 10.5 Å². The number of hydrogen-bond acceptors (Lipinski definition) is 3. The highest BCUT2D eigenvalue weighted by molar-refractivity contribution is 5.75. The van der Waals surface area contributed by atoms with Crippen molar-refractivity contribution >= 4 is 5.91 Å². The van der Waals surface area contributed by atoms with Crippen molar-refractivity contribution in [1.29, 1.82) is 10.5 Å². The SMILES string of the molecule is CCC(=O)NCC(C#N)C#N. The summed E-state index contributed by atoms with van der Waals surface area (Å²) in [6.45, 7) is 1.84. The maximum Gasteiger partial charge on any atom is 0.219 e. The first-order valence-electron chi connectivity index (χ1n) is 3.30. The average molecular weight is 151 g/mol. The predicted molar refractivity (Wildman–Crippen MR) is 38.0 cm³/mol. The van der Waals surface area contributed by atoms with Gasteiger partial charge in [0.05, 0.1) is 12.1 Å². The van der Waals surface area contributed by atoms with Crippen LogP contribution in [0, 0.1) is 28.6 Å². The van der Waals surface area contributed by atoms with Crippen LogP contribution >= 0.6 is 0 Å². The third kappa shape index (κ3) is 3.94. The van der Waals surface area contributed by atoms with Crippen LogP contribution in [0.4, 0.5) is 0 Å². The van der Waals surface area contributed by atoms with E-state index in [9.17, 15) is 4.79 Å². The van der Waals surface area contributed by atoms with Crippen LogP contribution in [0.5, 0.6) is 0 Å². The van der Waals surface area contributed by atoms with Crippen molar-refractivity contribution in [2.75, 3.05) is 6.54 Å². The Labute approximate surface area is 65.4 Å². The Balaban J connectivity index is 3.64. The van der Waals surface area contributed by atoms with Crippen LogP contribution in [0.3, 0.4) is 0 Å². The first kappa shape index (κ1) is 9.45. The number of nitrogens with one attached hydrogen (secondary N) is 1. The molecule has 1 N–H and O–H groups in total. The number of carbonyl (C=O) groups is 1. The summed E-state index contributed by atoms with van der Waals surface area (Å²) in [6.07, 6.45) is 0.379. The van der Waals surface area contributed by atoms with Gasteiger partial charge in [0.15, 0.2) is 5.92 Å². The quantitative estimate of drug-likeness (QED) is 0.624. The van der Waals surface area contributed by atoms with Gasteiger partial charge in [-0.1, -0.05) is 6.92 Å². The lowest BCUT2D eigenvalue weighted by atomic mass is 10.2. The zero-order valence-corrected chi connectivity index (χ0v) is 6.29. The molecule has 58 valence electrons. The molecule has 0 unspecified atom stereocenters. The van der Waals surface area contributed by atoms with Crippen LogP contribution in [-0.2, 0) is 4.79 Å². The summed E-state index contributed by atoms with van der Waals surface area (Å²) < 4.78 is 0. The molecule has 0 aliphatic heterocycles. The smallest absolute Gasteiger partial charge is 0.219 e. The lowest BCUT2D eigenvalue weighted by Crippen LogP contribution is -2.27. The molecule has 0 radical (unpaired) electrons. The molecule has 0 saturated carbocycles. The fourth-order valence-corrected chi connectivity index (χ4v) is 0.461. The summed E-state index contributed by atoms with van der Waals surface area (Å²) >= 11 is 0. The second-order valence-electron chi connectivity index (χ2n) is 1.97. The van der Waals surface area contributed by atoms with Crippen LogP contribution in [0.1, 0.15) is 13.3 Å². The molecule has 0 aromatic carbocycles. The van der Waals surface area contributed by atoms with Crippen LogP contribution in [0.2, 0.25) is 0 Å². The van der Waals surface area contributed by atoms with Gasteiger partial charge in [0.1, 0.15) is 0 Å². The highest BCUT2D eigenvalue weighted by Crippen LogP contribution is 1.88. The number of nitriles is 2. The summed E-state index contributed by atoms with van der Waals surface area (Å²) in [5.74, 6) is -0.869. The van der Waals surface area contributed by atoms with E-state index < -0.39 is 5.92 Å². The average Bonchev–Trinajstić information content (AvgIpc) is 2.06. The molecule has 4 nitrogen and oxygen atoms in total. The Kier molecular flexibility index (Phi) is 4.51. The number of rotatable bonds is 3. The molecule has 0 aliphatic carbocycles. The molecule has 0 spiro atoms. The Morgan fingerprint density at radius 1 is 1.55 bits per heavy atom. The highest BCUT2D eigenvalue weighted by Gasteiger charge is 2.05. The van der Waals surface area contributed by atoms with Crippen molar-refractivity contribution in [2.45, 2.75) is 13.3 Å². The minimum atomic E-state index is -0.731. The molecule has 0 bridgehead atoms. The predicted octanol–water partition coefficient (Wildman–Crippen LogP) is 0.176. The third-order valence-corrected chi connectivity index (χ3v) is 1.14. The molecule has 0 aliphatic rings. The molecular weight excluding hydrogens is 142 g/mol. The summed E-state index contributed by atoms with van der Waals surface area (Å²) in [4.78, 5) is 10.6. The molecule has 0 atom stereocenters. The Hall–Kier alpha value is -1.55. The van der Waals surface area contributed by atoms with Crippen LogP contribution in [0.25, 0.3) is 0 Å². The van der Waals surface area contributed by atoms with Gasteiger partial charge < -0.3 is 5.32 Å². The van der Waals surface area contributed by atoms with E-state index in [0.717, 1.165) is 0 Å². The van der Waals surface area contributed by atoms with Gasteiger partial charge in [0.25, 0.3) is 0 Å². The van der Waals surface area contributed by atoms with Crippen molar-refractivity contribution in [3.05, 3.63) is 0 Å². The first-order valence-corrected chi connectivity index (χ1v) is 3.30. The number of hydrogen-bond donors (Lipinski definition) is 1. The zero-order valence-electron chi connectivity index (χ0n) is 6.29. The van der Waals surface area contributed by atoms with Crippen molar-refractivity contribution < 1.29 is 4.79 Å². The summed E-state index contributed by atoms with van der Waals surface area (Å²) in [6, 6.07) is 3.51. The zero-order chi connectivity index (χ0) is 8.69. The van der Waals surface area contributed by atoms with E-state index in [1.54, 1.807) is 19.1 Å². The fraction of sp³-hybridized carbons (Fsp3) is 0.571. The molecule has 1 amide bonds. The molecule has 0 fully saturated rings. The van der Waals surface area contributed by atoms with Crippen molar-refractivity contribution in [2.24, 2.45) is 5.92 Å². The minimum absolute atomic E-state index is 0.125. The van der Waals surface area contributed by atoms with Gasteiger partial charge in [0.2, 0.25) is 5.91 Å². The van der Waals surface area contributed by atoms with E-state index in [1.165, 1.54) is 0 Å². The van der Waals surface area contributed by atoms with Crippen LogP contribution < -0.4 is 5.32 Å². The van der Waals surface area contributed by atoms with Gasteiger partial charge in [0, 0.05) is 13.0 Å². The second kappa shape index (κ2) is 5.25. The summed E-state index contributed by atoms with van der Waals surface area (Å²) in [5.41, 5.74) is 0. The van der Waals surface area contributed by atoms with Crippen LogP contribution in [-0.4, -0.2) is 12.5 Å². The molecule has 0 saturated heterocycles. The second-order valence-corrected chi connectivity index (χ2v) is 1.97. The van der Waals surface area contributed by atoms with Gasteiger partial charge >= 0.3 is 0 Å². The molecule has 4 heteroatoms. The third-order valence-electron chi connectivity index (χ3n) is 1.14. The van der Waals surface area contributed by atoms with Crippen LogP contribution in [0.15, 0.2) is 0 Å². The number of amides is 1.